The van der Waals surface area contributed by atoms with Gasteiger partial charge in [0.2, 0.25) is 0 Å². The van der Waals surface area contributed by atoms with Gasteiger partial charge in [0.1, 0.15) is 11.5 Å². The second-order valence-corrected chi connectivity index (χ2v) is 4.42. The second kappa shape index (κ2) is 6.69. The van der Waals surface area contributed by atoms with E-state index in [-0.39, 0.29) is 0 Å². The van der Waals surface area contributed by atoms with Gasteiger partial charge in [0.25, 0.3) is 0 Å². The highest BCUT2D eigenvalue weighted by Gasteiger charge is 2.06. The van der Waals surface area contributed by atoms with E-state index in [0.29, 0.717) is 30.0 Å². The molecule has 0 aliphatic heterocycles. The van der Waals surface area contributed by atoms with Gasteiger partial charge in [-0.05, 0) is 36.2 Å². The van der Waals surface area contributed by atoms with Crippen LogP contribution in [0.25, 0.3) is 0 Å². The van der Waals surface area contributed by atoms with Crippen LogP contribution in [-0.2, 0) is 6.42 Å². The quantitative estimate of drug-likeness (QED) is 0.902. The molecule has 0 saturated carbocycles. The van der Waals surface area contributed by atoms with Gasteiger partial charge in [0, 0.05) is 0 Å². The SMILES string of the molecule is CCC(O)c1ccc(Oc2ccc(CC#N)cc2)cn1. The molecular formula is C16H16N2O2. The topological polar surface area (TPSA) is 66.1 Å². The summed E-state index contributed by atoms with van der Waals surface area (Å²) in [5, 5.41) is 18.3. The van der Waals surface area contributed by atoms with Crippen molar-refractivity contribution in [3.8, 4) is 17.6 Å². The van der Waals surface area contributed by atoms with Crippen LogP contribution in [0.5, 0.6) is 11.5 Å². The number of benzene rings is 1. The van der Waals surface area contributed by atoms with E-state index >= 15 is 0 Å². The fraction of sp³-hybridized carbons (Fsp3) is 0.250. The minimum atomic E-state index is -0.533. The molecule has 2 aromatic rings. The maximum absolute atomic E-state index is 9.66. The van der Waals surface area contributed by atoms with Gasteiger partial charge < -0.3 is 9.84 Å². The van der Waals surface area contributed by atoms with Gasteiger partial charge >= 0.3 is 0 Å². The Morgan fingerprint density at radius 2 is 1.90 bits per heavy atom. The van der Waals surface area contributed by atoms with Crippen LogP contribution < -0.4 is 4.74 Å². The van der Waals surface area contributed by atoms with Crippen molar-refractivity contribution < 1.29 is 9.84 Å². The summed E-state index contributed by atoms with van der Waals surface area (Å²) < 4.78 is 5.65. The zero-order chi connectivity index (χ0) is 14.4. The molecule has 4 heteroatoms. The normalized spacial score (nSPS) is 11.7. The number of aliphatic hydroxyl groups excluding tert-OH is 1. The lowest BCUT2D eigenvalue weighted by molar-refractivity contribution is 0.169. The van der Waals surface area contributed by atoms with Crippen molar-refractivity contribution in [2.75, 3.05) is 0 Å². The molecule has 0 aliphatic carbocycles. The summed E-state index contributed by atoms with van der Waals surface area (Å²) in [5.41, 5.74) is 1.60. The maximum Gasteiger partial charge on any atom is 0.145 e. The monoisotopic (exact) mass is 268 g/mol. The lowest BCUT2D eigenvalue weighted by Crippen LogP contribution is -1.98. The predicted octanol–water partition coefficient (Wildman–Crippen LogP) is 3.38. The van der Waals surface area contributed by atoms with Crippen molar-refractivity contribution in [3.63, 3.8) is 0 Å². The molecule has 0 aliphatic rings. The van der Waals surface area contributed by atoms with E-state index in [2.05, 4.69) is 11.1 Å². The number of aliphatic hydroxyl groups is 1. The molecule has 0 saturated heterocycles. The summed E-state index contributed by atoms with van der Waals surface area (Å²) in [4.78, 5) is 4.17. The molecule has 1 heterocycles. The molecule has 0 bridgehead atoms. The first-order valence-corrected chi connectivity index (χ1v) is 6.50. The molecule has 1 unspecified atom stereocenters. The van der Waals surface area contributed by atoms with Crippen LogP contribution >= 0.6 is 0 Å². The maximum atomic E-state index is 9.66. The van der Waals surface area contributed by atoms with Crippen LogP contribution in [-0.4, -0.2) is 10.1 Å². The molecule has 0 radical (unpaired) electrons. The van der Waals surface area contributed by atoms with Crippen LogP contribution in [0.2, 0.25) is 0 Å². The zero-order valence-corrected chi connectivity index (χ0v) is 11.3. The minimum Gasteiger partial charge on any atom is -0.456 e. The summed E-state index contributed by atoms with van der Waals surface area (Å²) in [5.74, 6) is 1.31. The van der Waals surface area contributed by atoms with Crippen molar-refractivity contribution in [2.24, 2.45) is 0 Å². The molecule has 0 fully saturated rings. The number of aromatic nitrogens is 1. The first-order valence-electron chi connectivity index (χ1n) is 6.50. The molecule has 1 N–H and O–H groups in total. The number of hydrogen-bond donors (Lipinski definition) is 1. The van der Waals surface area contributed by atoms with E-state index < -0.39 is 6.10 Å². The van der Waals surface area contributed by atoms with Crippen LogP contribution in [0, 0.1) is 11.3 Å². The molecule has 102 valence electrons. The molecule has 2 rings (SSSR count). The number of nitriles is 1. The van der Waals surface area contributed by atoms with Crippen LogP contribution in [0.3, 0.4) is 0 Å². The van der Waals surface area contributed by atoms with Crippen molar-refractivity contribution in [1.82, 2.24) is 4.98 Å². The Morgan fingerprint density at radius 3 is 2.45 bits per heavy atom. The molecule has 0 amide bonds. The molecule has 20 heavy (non-hydrogen) atoms. The van der Waals surface area contributed by atoms with E-state index in [1.165, 1.54) is 0 Å². The lowest BCUT2D eigenvalue weighted by Gasteiger charge is -2.09. The summed E-state index contributed by atoms with van der Waals surface area (Å²) >= 11 is 0. The molecule has 1 atom stereocenters. The summed E-state index contributed by atoms with van der Waals surface area (Å²) in [6, 6.07) is 13.0. The van der Waals surface area contributed by atoms with Crippen molar-refractivity contribution in [2.45, 2.75) is 25.9 Å². The highest BCUT2D eigenvalue weighted by molar-refractivity contribution is 5.33. The van der Waals surface area contributed by atoms with Crippen LogP contribution in [0.15, 0.2) is 42.6 Å². The minimum absolute atomic E-state index is 0.394. The number of nitrogens with zero attached hydrogens (tertiary/aromatic N) is 2. The summed E-state index contributed by atoms with van der Waals surface area (Å²) in [6.45, 7) is 1.90. The van der Waals surface area contributed by atoms with E-state index in [1.54, 1.807) is 18.3 Å². The molecule has 1 aromatic heterocycles. The highest BCUT2D eigenvalue weighted by Crippen LogP contribution is 2.23. The Bertz CT molecular complexity index is 585. The van der Waals surface area contributed by atoms with Gasteiger partial charge in [0.15, 0.2) is 0 Å². The van der Waals surface area contributed by atoms with Crippen molar-refractivity contribution >= 4 is 0 Å². The Labute approximate surface area is 118 Å². The third-order valence-electron chi connectivity index (χ3n) is 2.93. The van der Waals surface area contributed by atoms with E-state index in [9.17, 15) is 5.11 Å². The van der Waals surface area contributed by atoms with Crippen molar-refractivity contribution in [1.29, 1.82) is 5.26 Å². The van der Waals surface area contributed by atoms with Crippen LogP contribution in [0.1, 0.15) is 30.7 Å². The van der Waals surface area contributed by atoms with Gasteiger partial charge in [-0.25, -0.2) is 0 Å². The zero-order valence-electron chi connectivity index (χ0n) is 11.3. The van der Waals surface area contributed by atoms with Gasteiger partial charge in [0.05, 0.1) is 30.5 Å². The Morgan fingerprint density at radius 1 is 1.20 bits per heavy atom. The number of rotatable bonds is 5. The first kappa shape index (κ1) is 14.0. The molecule has 4 nitrogen and oxygen atoms in total. The van der Waals surface area contributed by atoms with Crippen LogP contribution in [0.4, 0.5) is 0 Å². The van der Waals surface area contributed by atoms with Gasteiger partial charge in [-0.3, -0.25) is 4.98 Å². The average Bonchev–Trinajstić information content (AvgIpc) is 2.49. The molecule has 0 spiro atoms. The van der Waals surface area contributed by atoms with Gasteiger partial charge in [-0.2, -0.15) is 5.26 Å². The smallest absolute Gasteiger partial charge is 0.145 e. The Balaban J connectivity index is 2.04. The van der Waals surface area contributed by atoms with E-state index in [0.717, 1.165) is 5.56 Å². The van der Waals surface area contributed by atoms with E-state index in [1.807, 2.05) is 31.2 Å². The van der Waals surface area contributed by atoms with Gasteiger partial charge in [-0.1, -0.05) is 19.1 Å². The third-order valence-corrected chi connectivity index (χ3v) is 2.93. The molecular weight excluding hydrogens is 252 g/mol. The summed E-state index contributed by atoms with van der Waals surface area (Å²) in [6.07, 6.45) is 2.09. The lowest BCUT2D eigenvalue weighted by atomic mass is 10.1. The second-order valence-electron chi connectivity index (χ2n) is 4.42. The fourth-order valence-electron chi connectivity index (χ4n) is 1.76. The predicted molar refractivity (Wildman–Crippen MR) is 75.3 cm³/mol. The summed E-state index contributed by atoms with van der Waals surface area (Å²) in [7, 11) is 0. The standard InChI is InChI=1S/C16H16N2O2/c1-2-16(19)15-8-7-14(11-18-15)20-13-5-3-12(4-6-13)9-10-17/h3-8,11,16,19H,2,9H2,1H3. The number of pyridine rings is 1. The van der Waals surface area contributed by atoms with Crippen molar-refractivity contribution in [3.05, 3.63) is 53.9 Å². The number of ether oxygens (including phenoxy) is 1. The van der Waals surface area contributed by atoms with Gasteiger partial charge in [-0.15, -0.1) is 0 Å². The highest BCUT2D eigenvalue weighted by atomic mass is 16.5. The largest absolute Gasteiger partial charge is 0.456 e. The Kier molecular flexibility index (Phi) is 4.70. The number of hydrogen-bond acceptors (Lipinski definition) is 4. The third kappa shape index (κ3) is 3.56. The Hall–Kier alpha value is -2.38. The average molecular weight is 268 g/mol. The molecule has 1 aromatic carbocycles. The first-order chi connectivity index (χ1) is 9.72. The van der Waals surface area contributed by atoms with E-state index in [4.69, 9.17) is 10.00 Å². The fourth-order valence-corrected chi connectivity index (χ4v) is 1.76.